The van der Waals surface area contributed by atoms with Gasteiger partial charge < -0.3 is 9.84 Å². The van der Waals surface area contributed by atoms with Crippen LogP contribution in [0.3, 0.4) is 0 Å². The summed E-state index contributed by atoms with van der Waals surface area (Å²) in [6.07, 6.45) is -4.78. The number of ether oxygens (including phenoxy) is 1. The van der Waals surface area contributed by atoms with Gasteiger partial charge in [-0.2, -0.15) is 13.2 Å². The molecule has 1 atom stereocenters. The van der Waals surface area contributed by atoms with Crippen molar-refractivity contribution in [2.24, 2.45) is 0 Å². The van der Waals surface area contributed by atoms with Crippen molar-refractivity contribution in [1.29, 1.82) is 0 Å². The number of methoxy groups -OCH3 is 1. The summed E-state index contributed by atoms with van der Waals surface area (Å²) in [5.41, 5.74) is -2.10. The highest BCUT2D eigenvalue weighted by atomic mass is 32.2. The van der Waals surface area contributed by atoms with E-state index in [1.165, 1.54) is 31.4 Å². The van der Waals surface area contributed by atoms with Gasteiger partial charge in [0.05, 0.1) is 7.11 Å². The third-order valence-electron chi connectivity index (χ3n) is 3.51. The quantitative estimate of drug-likeness (QED) is 0.809. The number of hydrogen-bond donors (Lipinski definition) is 1. The lowest BCUT2D eigenvalue weighted by molar-refractivity contribution is -0.256. The van der Waals surface area contributed by atoms with Crippen LogP contribution in [0.2, 0.25) is 0 Å². The number of hydrogen-bond acceptors (Lipinski definition) is 3. The predicted octanol–water partition coefficient (Wildman–Crippen LogP) is 4.55. The molecule has 2 rings (SSSR count). The summed E-state index contributed by atoms with van der Waals surface area (Å²) in [5.74, 6) is -0.0872. The first-order valence-corrected chi connectivity index (χ1v) is 7.88. The fraction of sp³-hybridized carbons (Fsp3) is 0.294. The molecule has 0 bridgehead atoms. The molecule has 0 amide bonds. The molecule has 2 nitrogen and oxygen atoms in total. The molecule has 0 spiro atoms. The normalized spacial score (nSPS) is 14.3. The van der Waals surface area contributed by atoms with Gasteiger partial charge in [-0.05, 0) is 36.8 Å². The Bertz CT molecular complexity index is 638. The molecule has 0 aliphatic heterocycles. The van der Waals surface area contributed by atoms with Gasteiger partial charge in [0.25, 0.3) is 0 Å². The summed E-state index contributed by atoms with van der Waals surface area (Å²) >= 11 is 0.966. The molecule has 0 aliphatic rings. The van der Waals surface area contributed by atoms with Crippen molar-refractivity contribution in [2.75, 3.05) is 12.9 Å². The van der Waals surface area contributed by atoms with Gasteiger partial charge in [0.2, 0.25) is 0 Å². The van der Waals surface area contributed by atoms with Gasteiger partial charge in [-0.25, -0.2) is 0 Å². The Morgan fingerprint density at radius 1 is 1.00 bits per heavy atom. The first-order chi connectivity index (χ1) is 10.8. The van der Waals surface area contributed by atoms with E-state index < -0.39 is 17.5 Å². The minimum Gasteiger partial charge on any atom is -0.497 e. The number of halogens is 3. The van der Waals surface area contributed by atoms with Crippen LogP contribution >= 0.6 is 11.8 Å². The SMILES string of the molecule is COc1ccc(C(O)(CSc2ccc(C)cc2)C(F)(F)F)cc1. The summed E-state index contributed by atoms with van der Waals surface area (Å²) in [6, 6.07) is 12.4. The molecule has 6 heteroatoms. The van der Waals surface area contributed by atoms with E-state index in [4.69, 9.17) is 4.74 Å². The summed E-state index contributed by atoms with van der Waals surface area (Å²) in [7, 11) is 1.43. The summed E-state index contributed by atoms with van der Waals surface area (Å²) in [5, 5.41) is 10.3. The summed E-state index contributed by atoms with van der Waals surface area (Å²) < 4.78 is 45.3. The Morgan fingerprint density at radius 2 is 1.57 bits per heavy atom. The highest BCUT2D eigenvalue weighted by Gasteiger charge is 2.54. The number of thioether (sulfide) groups is 1. The highest BCUT2D eigenvalue weighted by molar-refractivity contribution is 7.99. The molecule has 2 aromatic carbocycles. The van der Waals surface area contributed by atoms with E-state index in [1.54, 1.807) is 12.1 Å². The molecule has 23 heavy (non-hydrogen) atoms. The number of aryl methyl sites for hydroxylation is 1. The molecule has 0 heterocycles. The van der Waals surface area contributed by atoms with Crippen molar-refractivity contribution in [2.45, 2.75) is 23.6 Å². The molecule has 0 aliphatic carbocycles. The lowest BCUT2D eigenvalue weighted by Crippen LogP contribution is -2.44. The van der Waals surface area contributed by atoms with Crippen molar-refractivity contribution in [3.63, 3.8) is 0 Å². The first kappa shape index (κ1) is 17.7. The second-order valence-electron chi connectivity index (χ2n) is 5.19. The van der Waals surface area contributed by atoms with Crippen molar-refractivity contribution in [3.05, 3.63) is 59.7 Å². The molecule has 1 unspecified atom stereocenters. The molecular weight excluding hydrogens is 325 g/mol. The van der Waals surface area contributed by atoms with Crippen LogP contribution in [0.15, 0.2) is 53.4 Å². The lowest BCUT2D eigenvalue weighted by Gasteiger charge is -2.30. The maximum atomic E-state index is 13.4. The molecule has 0 fully saturated rings. The third kappa shape index (κ3) is 4.00. The Morgan fingerprint density at radius 3 is 2.04 bits per heavy atom. The maximum absolute atomic E-state index is 13.4. The Labute approximate surface area is 137 Å². The molecule has 2 aromatic rings. The Hall–Kier alpha value is -1.66. The highest BCUT2D eigenvalue weighted by Crippen LogP contribution is 2.43. The minimum absolute atomic E-state index is 0.203. The van der Waals surface area contributed by atoms with Gasteiger partial charge in [-0.15, -0.1) is 11.8 Å². The van der Waals surface area contributed by atoms with Crippen LogP contribution in [0.25, 0.3) is 0 Å². The number of aliphatic hydroxyl groups is 1. The molecule has 0 radical (unpaired) electrons. The van der Waals surface area contributed by atoms with Crippen LogP contribution in [0.5, 0.6) is 5.75 Å². The topological polar surface area (TPSA) is 29.5 Å². The second-order valence-corrected chi connectivity index (χ2v) is 6.24. The van der Waals surface area contributed by atoms with Gasteiger partial charge in [0.15, 0.2) is 5.60 Å². The van der Waals surface area contributed by atoms with Gasteiger partial charge in [0, 0.05) is 10.6 Å². The van der Waals surface area contributed by atoms with Crippen LogP contribution in [0.4, 0.5) is 13.2 Å². The monoisotopic (exact) mass is 342 g/mol. The van der Waals surface area contributed by atoms with Gasteiger partial charge in [-0.3, -0.25) is 0 Å². The molecule has 0 saturated carbocycles. The largest absolute Gasteiger partial charge is 0.497 e. The zero-order chi connectivity index (χ0) is 17.1. The Kier molecular flexibility index (Phi) is 5.26. The van der Waals surface area contributed by atoms with E-state index in [9.17, 15) is 18.3 Å². The van der Waals surface area contributed by atoms with Crippen LogP contribution in [-0.2, 0) is 5.60 Å². The van der Waals surface area contributed by atoms with Gasteiger partial charge >= 0.3 is 6.18 Å². The summed E-state index contributed by atoms with van der Waals surface area (Å²) in [6.45, 7) is 1.90. The van der Waals surface area contributed by atoms with Crippen LogP contribution in [0.1, 0.15) is 11.1 Å². The average molecular weight is 342 g/mol. The zero-order valence-corrected chi connectivity index (χ0v) is 13.5. The van der Waals surface area contributed by atoms with E-state index in [-0.39, 0.29) is 5.56 Å². The number of rotatable bonds is 5. The fourth-order valence-corrected chi connectivity index (χ4v) is 3.05. The molecular formula is C17H17F3O2S. The van der Waals surface area contributed by atoms with Gasteiger partial charge in [0.1, 0.15) is 5.75 Å². The van der Waals surface area contributed by atoms with Crippen LogP contribution in [0, 0.1) is 6.92 Å². The zero-order valence-electron chi connectivity index (χ0n) is 12.7. The van der Waals surface area contributed by atoms with E-state index in [0.29, 0.717) is 10.6 Å². The molecule has 124 valence electrons. The Balaban J connectivity index is 2.26. The predicted molar refractivity (Wildman–Crippen MR) is 84.8 cm³/mol. The third-order valence-corrected chi connectivity index (χ3v) is 4.67. The maximum Gasteiger partial charge on any atom is 0.422 e. The lowest BCUT2D eigenvalue weighted by atomic mass is 9.95. The van der Waals surface area contributed by atoms with Crippen molar-refractivity contribution in [1.82, 2.24) is 0 Å². The molecule has 0 saturated heterocycles. The van der Waals surface area contributed by atoms with Crippen molar-refractivity contribution >= 4 is 11.8 Å². The standard InChI is InChI=1S/C17H17F3O2S/c1-12-3-9-15(10-4-12)23-11-16(21,17(18,19)20)13-5-7-14(22-2)8-6-13/h3-10,21H,11H2,1-2H3. The van der Waals surface area contributed by atoms with E-state index in [1.807, 2.05) is 19.1 Å². The number of alkyl halides is 3. The minimum atomic E-state index is -4.78. The van der Waals surface area contributed by atoms with E-state index >= 15 is 0 Å². The molecule has 1 N–H and O–H groups in total. The smallest absolute Gasteiger partial charge is 0.422 e. The first-order valence-electron chi connectivity index (χ1n) is 6.89. The second kappa shape index (κ2) is 6.84. The average Bonchev–Trinajstić information content (AvgIpc) is 2.53. The van der Waals surface area contributed by atoms with E-state index in [2.05, 4.69) is 0 Å². The number of benzene rings is 2. The van der Waals surface area contributed by atoms with Gasteiger partial charge in [-0.1, -0.05) is 29.8 Å². The molecule has 0 aromatic heterocycles. The van der Waals surface area contributed by atoms with E-state index in [0.717, 1.165) is 17.3 Å². The fourth-order valence-electron chi connectivity index (χ4n) is 2.02. The van der Waals surface area contributed by atoms with Crippen molar-refractivity contribution in [3.8, 4) is 5.75 Å². The van der Waals surface area contributed by atoms with Crippen LogP contribution in [-0.4, -0.2) is 24.1 Å². The summed E-state index contributed by atoms with van der Waals surface area (Å²) in [4.78, 5) is 0.673. The van der Waals surface area contributed by atoms with Crippen molar-refractivity contribution < 1.29 is 23.0 Å². The van der Waals surface area contributed by atoms with Crippen LogP contribution < -0.4 is 4.74 Å².